The minimum absolute atomic E-state index is 0.192. The first kappa shape index (κ1) is 12.6. The first-order valence-corrected chi connectivity index (χ1v) is 5.09. The summed E-state index contributed by atoms with van der Waals surface area (Å²) in [5.74, 6) is -5.07. The predicted molar refractivity (Wildman–Crippen MR) is 58.8 cm³/mol. The fraction of sp³-hybridized carbons (Fsp3) is 0. The van der Waals surface area contributed by atoms with Crippen LogP contribution >= 0.6 is 11.6 Å². The zero-order chi connectivity index (χ0) is 13.3. The molecule has 0 atom stereocenters. The Labute approximate surface area is 104 Å². The summed E-state index contributed by atoms with van der Waals surface area (Å²) in [5.41, 5.74) is 0.193. The zero-order valence-corrected chi connectivity index (χ0v) is 9.40. The van der Waals surface area contributed by atoms with Crippen molar-refractivity contribution in [2.75, 3.05) is 5.32 Å². The van der Waals surface area contributed by atoms with Crippen molar-refractivity contribution in [1.29, 1.82) is 0 Å². The summed E-state index contributed by atoms with van der Waals surface area (Å²) in [5, 5.41) is 2.17. The number of rotatable bonds is 2. The lowest BCUT2D eigenvalue weighted by molar-refractivity contribution is 0.467. The van der Waals surface area contributed by atoms with E-state index in [2.05, 4.69) is 10.3 Å². The molecule has 1 aromatic heterocycles. The van der Waals surface area contributed by atoms with Crippen molar-refractivity contribution in [3.63, 3.8) is 0 Å². The van der Waals surface area contributed by atoms with Gasteiger partial charge in [-0.05, 0) is 18.2 Å². The average Bonchev–Trinajstić information content (AvgIpc) is 2.31. The molecule has 1 aromatic carbocycles. The molecule has 0 amide bonds. The van der Waals surface area contributed by atoms with Crippen LogP contribution in [0.2, 0.25) is 5.02 Å². The topological polar surface area (TPSA) is 24.9 Å². The lowest BCUT2D eigenvalue weighted by Gasteiger charge is -2.07. The Balaban J connectivity index is 2.34. The molecule has 0 radical (unpaired) electrons. The highest BCUT2D eigenvalue weighted by Crippen LogP contribution is 2.23. The van der Waals surface area contributed by atoms with Crippen molar-refractivity contribution in [3.8, 4) is 0 Å². The van der Waals surface area contributed by atoms with Gasteiger partial charge in [-0.2, -0.15) is 9.37 Å². The number of nitrogens with one attached hydrogen (secondary N) is 1. The number of aromatic nitrogens is 1. The number of hydrogen-bond donors (Lipinski definition) is 1. The molecule has 1 N–H and O–H groups in total. The maximum atomic E-state index is 13.3. The van der Waals surface area contributed by atoms with E-state index in [1.807, 2.05) is 0 Å². The smallest absolute Gasteiger partial charge is 0.251 e. The van der Waals surface area contributed by atoms with E-state index in [9.17, 15) is 17.6 Å². The lowest BCUT2D eigenvalue weighted by Crippen LogP contribution is -2.01. The first-order valence-electron chi connectivity index (χ1n) is 4.71. The van der Waals surface area contributed by atoms with Gasteiger partial charge in [-0.3, -0.25) is 0 Å². The van der Waals surface area contributed by atoms with Crippen molar-refractivity contribution in [2.45, 2.75) is 0 Å². The molecule has 0 aliphatic carbocycles. The normalized spacial score (nSPS) is 10.5. The number of anilines is 2. The maximum absolute atomic E-state index is 13.3. The third-order valence-corrected chi connectivity index (χ3v) is 2.36. The fourth-order valence-electron chi connectivity index (χ4n) is 1.24. The Morgan fingerprint density at radius 3 is 2.33 bits per heavy atom. The highest BCUT2D eigenvalue weighted by molar-refractivity contribution is 6.31. The van der Waals surface area contributed by atoms with Gasteiger partial charge in [-0.1, -0.05) is 11.6 Å². The van der Waals surface area contributed by atoms with Gasteiger partial charge in [-0.25, -0.2) is 13.2 Å². The number of halogens is 5. The van der Waals surface area contributed by atoms with Crippen LogP contribution in [0.4, 0.5) is 29.1 Å². The van der Waals surface area contributed by atoms with E-state index in [4.69, 9.17) is 11.6 Å². The number of benzene rings is 1. The molecular formula is C11H5ClF4N2. The van der Waals surface area contributed by atoms with Gasteiger partial charge in [0.25, 0.3) is 5.95 Å². The molecular weight excluding hydrogens is 272 g/mol. The van der Waals surface area contributed by atoms with Crippen LogP contribution in [0.3, 0.4) is 0 Å². The summed E-state index contributed by atoms with van der Waals surface area (Å²) in [7, 11) is 0. The summed E-state index contributed by atoms with van der Waals surface area (Å²) in [6, 6.07) is 3.82. The van der Waals surface area contributed by atoms with E-state index in [0.29, 0.717) is 6.07 Å². The van der Waals surface area contributed by atoms with Crippen molar-refractivity contribution in [3.05, 3.63) is 52.7 Å². The van der Waals surface area contributed by atoms with Crippen LogP contribution in [0.5, 0.6) is 0 Å². The van der Waals surface area contributed by atoms with Crippen molar-refractivity contribution in [2.24, 2.45) is 0 Å². The molecule has 7 heteroatoms. The van der Waals surface area contributed by atoms with E-state index in [1.54, 1.807) is 0 Å². The molecule has 18 heavy (non-hydrogen) atoms. The van der Waals surface area contributed by atoms with Crippen LogP contribution in [0.1, 0.15) is 0 Å². The van der Waals surface area contributed by atoms with Crippen LogP contribution in [0, 0.1) is 23.4 Å². The molecule has 0 spiro atoms. The first-order chi connectivity index (χ1) is 8.47. The van der Waals surface area contributed by atoms with E-state index < -0.39 is 29.2 Å². The van der Waals surface area contributed by atoms with Crippen molar-refractivity contribution in [1.82, 2.24) is 4.98 Å². The Kier molecular flexibility index (Phi) is 3.38. The minimum atomic E-state index is -1.44. The summed E-state index contributed by atoms with van der Waals surface area (Å²) in [4.78, 5) is 3.06. The second-order valence-electron chi connectivity index (χ2n) is 3.35. The Hall–Kier alpha value is -1.82. The summed E-state index contributed by atoms with van der Waals surface area (Å²) >= 11 is 5.51. The largest absolute Gasteiger partial charge is 0.338 e. The molecule has 2 nitrogen and oxygen atoms in total. The van der Waals surface area contributed by atoms with Gasteiger partial charge in [0.1, 0.15) is 5.82 Å². The van der Waals surface area contributed by atoms with Crippen molar-refractivity contribution < 1.29 is 17.6 Å². The molecule has 1 heterocycles. The SMILES string of the molecule is Fc1ccc(Nc2nc(F)c(F)cc2F)cc1Cl. The highest BCUT2D eigenvalue weighted by Gasteiger charge is 2.12. The monoisotopic (exact) mass is 276 g/mol. The zero-order valence-electron chi connectivity index (χ0n) is 8.65. The molecule has 0 unspecified atom stereocenters. The Morgan fingerprint density at radius 2 is 1.67 bits per heavy atom. The van der Waals surface area contributed by atoms with Gasteiger partial charge in [0.15, 0.2) is 17.5 Å². The van der Waals surface area contributed by atoms with Gasteiger partial charge >= 0.3 is 0 Å². The molecule has 0 saturated heterocycles. The quantitative estimate of drug-likeness (QED) is 0.661. The lowest BCUT2D eigenvalue weighted by atomic mass is 10.3. The third kappa shape index (κ3) is 2.53. The van der Waals surface area contributed by atoms with Gasteiger partial charge in [0.05, 0.1) is 5.02 Å². The van der Waals surface area contributed by atoms with Crippen molar-refractivity contribution >= 4 is 23.1 Å². The molecule has 0 aliphatic rings. The van der Waals surface area contributed by atoms with Crippen LogP contribution in [0.25, 0.3) is 0 Å². The number of nitrogens with zero attached hydrogens (tertiary/aromatic N) is 1. The molecule has 0 aliphatic heterocycles. The molecule has 2 rings (SSSR count). The van der Waals surface area contributed by atoms with Gasteiger partial charge in [0.2, 0.25) is 0 Å². The Morgan fingerprint density at radius 1 is 0.944 bits per heavy atom. The van der Waals surface area contributed by atoms with Crippen LogP contribution in [-0.2, 0) is 0 Å². The summed E-state index contributed by atoms with van der Waals surface area (Å²) < 4.78 is 51.6. The standard InChI is InChI=1S/C11H5ClF4N2/c12-6-3-5(1-2-7(6)13)17-11-9(15)4-8(14)10(16)18-11/h1-4H,(H,17,18). The summed E-state index contributed by atoms with van der Waals surface area (Å²) in [6.45, 7) is 0. The number of hydrogen-bond acceptors (Lipinski definition) is 2. The molecule has 0 fully saturated rings. The van der Waals surface area contributed by atoms with E-state index in [-0.39, 0.29) is 10.7 Å². The average molecular weight is 277 g/mol. The minimum Gasteiger partial charge on any atom is -0.338 e. The van der Waals surface area contributed by atoms with E-state index >= 15 is 0 Å². The van der Waals surface area contributed by atoms with Gasteiger partial charge in [0, 0.05) is 11.8 Å². The summed E-state index contributed by atoms with van der Waals surface area (Å²) in [6.07, 6.45) is 0. The molecule has 94 valence electrons. The predicted octanol–water partition coefficient (Wildman–Crippen LogP) is 4.04. The van der Waals surface area contributed by atoms with E-state index in [1.165, 1.54) is 12.1 Å². The van der Waals surface area contributed by atoms with Gasteiger partial charge < -0.3 is 5.32 Å². The fourth-order valence-corrected chi connectivity index (χ4v) is 1.42. The van der Waals surface area contributed by atoms with Gasteiger partial charge in [-0.15, -0.1) is 0 Å². The molecule has 0 bridgehead atoms. The molecule has 0 saturated carbocycles. The highest BCUT2D eigenvalue weighted by atomic mass is 35.5. The third-order valence-electron chi connectivity index (χ3n) is 2.07. The van der Waals surface area contributed by atoms with Crippen LogP contribution in [-0.4, -0.2) is 4.98 Å². The maximum Gasteiger partial charge on any atom is 0.251 e. The van der Waals surface area contributed by atoms with E-state index in [0.717, 1.165) is 6.07 Å². The van der Waals surface area contributed by atoms with Crippen LogP contribution < -0.4 is 5.32 Å². The van der Waals surface area contributed by atoms with Crippen LogP contribution in [0.15, 0.2) is 24.3 Å². The Bertz CT molecular complexity index is 604. The molecule has 2 aromatic rings. The second kappa shape index (κ2) is 4.81. The second-order valence-corrected chi connectivity index (χ2v) is 3.75. The number of pyridine rings is 1.